The van der Waals surface area contributed by atoms with Crippen LogP contribution in [0.15, 0.2) is 323 Å². The fourth-order valence-electron chi connectivity index (χ4n) is 12.2. The van der Waals surface area contributed by atoms with Crippen LogP contribution in [-0.4, -0.2) is 0 Å². The molecule has 84 heavy (non-hydrogen) atoms. The highest BCUT2D eigenvalue weighted by atomic mass is 16.3. The van der Waals surface area contributed by atoms with Crippen LogP contribution in [0.4, 0.5) is 51.2 Å². The van der Waals surface area contributed by atoms with Crippen molar-refractivity contribution >= 4 is 117 Å². The molecule has 0 bridgehead atoms. The third kappa shape index (κ3) is 8.69. The van der Waals surface area contributed by atoms with Crippen LogP contribution in [-0.2, 0) is 0 Å². The van der Waals surface area contributed by atoms with Gasteiger partial charge in [0.15, 0.2) is 0 Å². The molecule has 0 fully saturated rings. The summed E-state index contributed by atoms with van der Waals surface area (Å²) < 4.78 is 18.7. The minimum absolute atomic E-state index is 0.880. The molecule has 16 aromatic rings. The molecule has 0 aliphatic rings. The van der Waals surface area contributed by atoms with Gasteiger partial charge in [0, 0.05) is 66.4 Å². The van der Waals surface area contributed by atoms with Gasteiger partial charge in [-0.15, -0.1) is 0 Å². The lowest BCUT2D eigenvalue weighted by atomic mass is 10.0. The van der Waals surface area contributed by atoms with E-state index in [4.69, 9.17) is 13.3 Å². The number of furan rings is 3. The van der Waals surface area contributed by atoms with Crippen molar-refractivity contribution in [1.29, 1.82) is 0 Å². The quantitative estimate of drug-likeness (QED) is 0.122. The van der Waals surface area contributed by atoms with Gasteiger partial charge in [-0.2, -0.15) is 0 Å². The van der Waals surface area contributed by atoms with Gasteiger partial charge < -0.3 is 28.0 Å². The Morgan fingerprint density at radius 1 is 0.155 bits per heavy atom. The number of hydrogen-bond acceptors (Lipinski definition) is 6. The molecular formula is C78H51N3O3. The van der Waals surface area contributed by atoms with Crippen molar-refractivity contribution in [3.8, 4) is 33.4 Å². The molecule has 0 saturated heterocycles. The average molecular weight is 1080 g/mol. The monoisotopic (exact) mass is 1080 g/mol. The number of para-hydroxylation sites is 6. The Morgan fingerprint density at radius 3 is 0.667 bits per heavy atom. The molecule has 0 aliphatic carbocycles. The predicted molar refractivity (Wildman–Crippen MR) is 349 cm³/mol. The second-order valence-corrected chi connectivity index (χ2v) is 21.3. The van der Waals surface area contributed by atoms with E-state index in [1.165, 1.54) is 0 Å². The highest BCUT2D eigenvalue weighted by Gasteiger charge is 2.23. The van der Waals surface area contributed by atoms with Crippen molar-refractivity contribution in [1.82, 2.24) is 0 Å². The number of rotatable bonds is 12. The number of fused-ring (bicyclic) bond motifs is 9. The molecule has 13 aromatic carbocycles. The lowest BCUT2D eigenvalue weighted by Gasteiger charge is -2.33. The fourth-order valence-corrected chi connectivity index (χ4v) is 12.2. The molecular weight excluding hydrogens is 1030 g/mol. The molecule has 0 unspecified atom stereocenters. The second-order valence-electron chi connectivity index (χ2n) is 21.3. The van der Waals surface area contributed by atoms with Crippen molar-refractivity contribution in [2.45, 2.75) is 0 Å². The van der Waals surface area contributed by atoms with E-state index in [0.717, 1.165) is 150 Å². The van der Waals surface area contributed by atoms with Crippen LogP contribution in [0.1, 0.15) is 0 Å². The Bertz CT molecular complexity index is 4550. The summed E-state index contributed by atoms with van der Waals surface area (Å²) in [4.78, 5) is 7.11. The lowest BCUT2D eigenvalue weighted by molar-refractivity contribution is 0.668. The predicted octanol–water partition coefficient (Wildman–Crippen LogP) is 22.8. The van der Waals surface area contributed by atoms with Gasteiger partial charge in [-0.25, -0.2) is 0 Å². The molecule has 6 nitrogen and oxygen atoms in total. The SMILES string of the molecule is c1ccc(N(c2ccc(-c3ccc4oc5ccccc5c4c3)cc2)c2cc(N(c3ccccc3)c3ccc(-c4ccc5oc6ccccc6c5c4)cc3)cc(N(c3ccccc3)c3ccc(-c4ccc5oc6ccccc6c5c4)cc3)c2)cc1. The highest BCUT2D eigenvalue weighted by molar-refractivity contribution is 6.08. The summed E-state index contributed by atoms with van der Waals surface area (Å²) in [5.41, 5.74) is 21.1. The fraction of sp³-hybridized carbons (Fsp3) is 0. The molecule has 0 saturated carbocycles. The maximum Gasteiger partial charge on any atom is 0.135 e. The zero-order valence-electron chi connectivity index (χ0n) is 45.5. The van der Waals surface area contributed by atoms with E-state index in [1.54, 1.807) is 0 Å². The van der Waals surface area contributed by atoms with Gasteiger partial charge in [0.2, 0.25) is 0 Å². The van der Waals surface area contributed by atoms with Crippen molar-refractivity contribution in [3.05, 3.63) is 309 Å². The summed E-state index contributed by atoms with van der Waals surface area (Å²) in [6.07, 6.45) is 0. The molecule has 0 aliphatic heterocycles. The van der Waals surface area contributed by atoms with Crippen LogP contribution >= 0.6 is 0 Å². The van der Waals surface area contributed by atoms with Crippen LogP contribution in [0.2, 0.25) is 0 Å². The van der Waals surface area contributed by atoms with Crippen LogP contribution in [0.25, 0.3) is 99.2 Å². The summed E-state index contributed by atoms with van der Waals surface area (Å²) in [7, 11) is 0. The molecule has 3 heterocycles. The zero-order valence-corrected chi connectivity index (χ0v) is 45.5. The minimum atomic E-state index is 0.880. The number of nitrogens with zero attached hydrogens (tertiary/aromatic N) is 3. The topological polar surface area (TPSA) is 49.1 Å². The van der Waals surface area contributed by atoms with E-state index in [0.29, 0.717) is 0 Å². The van der Waals surface area contributed by atoms with Crippen molar-refractivity contribution in [2.75, 3.05) is 14.7 Å². The van der Waals surface area contributed by atoms with Gasteiger partial charge in [-0.1, -0.05) is 164 Å². The molecule has 0 radical (unpaired) electrons. The van der Waals surface area contributed by atoms with E-state index < -0.39 is 0 Å². The minimum Gasteiger partial charge on any atom is -0.456 e. The van der Waals surface area contributed by atoms with Gasteiger partial charge in [0.25, 0.3) is 0 Å². The van der Waals surface area contributed by atoms with Crippen LogP contribution in [0, 0.1) is 0 Å². The van der Waals surface area contributed by atoms with Crippen LogP contribution in [0.3, 0.4) is 0 Å². The number of hydrogen-bond donors (Lipinski definition) is 0. The maximum atomic E-state index is 6.23. The average Bonchev–Trinajstić information content (AvgIpc) is 4.30. The summed E-state index contributed by atoms with van der Waals surface area (Å²) in [5, 5.41) is 6.64. The first-order valence-corrected chi connectivity index (χ1v) is 28.4. The van der Waals surface area contributed by atoms with Crippen LogP contribution in [0.5, 0.6) is 0 Å². The van der Waals surface area contributed by atoms with E-state index in [1.807, 2.05) is 36.4 Å². The van der Waals surface area contributed by atoms with E-state index in [9.17, 15) is 0 Å². The lowest BCUT2D eigenvalue weighted by Crippen LogP contribution is -2.16. The molecule has 396 valence electrons. The third-order valence-corrected chi connectivity index (χ3v) is 16.2. The largest absolute Gasteiger partial charge is 0.456 e. The molecule has 0 spiro atoms. The molecule has 0 N–H and O–H groups in total. The maximum absolute atomic E-state index is 6.23. The first-order chi connectivity index (χ1) is 41.6. The Labute approximate surface area is 485 Å². The second kappa shape index (κ2) is 20.3. The number of benzene rings is 13. The van der Waals surface area contributed by atoms with E-state index in [2.05, 4.69) is 288 Å². The van der Waals surface area contributed by atoms with Crippen molar-refractivity contribution in [2.24, 2.45) is 0 Å². The van der Waals surface area contributed by atoms with Gasteiger partial charge in [0.05, 0.1) is 17.1 Å². The van der Waals surface area contributed by atoms with Crippen molar-refractivity contribution in [3.63, 3.8) is 0 Å². The van der Waals surface area contributed by atoms with E-state index in [-0.39, 0.29) is 0 Å². The Morgan fingerprint density at radius 2 is 0.381 bits per heavy atom. The molecule has 0 atom stereocenters. The summed E-state index contributed by atoms with van der Waals surface area (Å²) in [5.74, 6) is 0. The Balaban J connectivity index is 0.859. The van der Waals surface area contributed by atoms with Gasteiger partial charge >= 0.3 is 0 Å². The Kier molecular flexibility index (Phi) is 11.8. The molecule has 0 amide bonds. The first-order valence-electron chi connectivity index (χ1n) is 28.4. The van der Waals surface area contributed by atoms with Crippen molar-refractivity contribution < 1.29 is 13.3 Å². The van der Waals surface area contributed by atoms with Crippen LogP contribution < -0.4 is 14.7 Å². The molecule has 16 rings (SSSR count). The standard InChI is InChI=1S/C78H51N3O3/c1-4-16-58(17-5-1)79(61-37-28-52(29-38-61)55-34-43-76-70(46-55)67-22-10-13-25-73(67)82-76)64-49-65(80(59-18-6-2-7-19-59)62-39-30-53(31-40-62)56-35-44-77-71(47-56)68-23-11-14-26-74(68)83-77)51-66(50-64)81(60-20-8-3-9-21-60)63-41-32-54(33-42-63)57-36-45-78-72(48-57)69-24-12-15-27-75(69)84-78/h1-51H. The smallest absolute Gasteiger partial charge is 0.135 e. The number of anilines is 9. The molecule has 3 aromatic heterocycles. The van der Waals surface area contributed by atoms with E-state index >= 15 is 0 Å². The zero-order chi connectivity index (χ0) is 55.5. The van der Waals surface area contributed by atoms with Gasteiger partial charge in [-0.05, 0) is 179 Å². The third-order valence-electron chi connectivity index (χ3n) is 16.2. The first kappa shape index (κ1) is 48.6. The summed E-state index contributed by atoms with van der Waals surface area (Å²) in [6.45, 7) is 0. The summed E-state index contributed by atoms with van der Waals surface area (Å²) in [6, 6.07) is 110. The summed E-state index contributed by atoms with van der Waals surface area (Å²) >= 11 is 0. The van der Waals surface area contributed by atoms with Gasteiger partial charge in [0.1, 0.15) is 33.5 Å². The normalized spacial score (nSPS) is 11.6. The Hall–Kier alpha value is -11.3. The highest BCUT2D eigenvalue weighted by Crippen LogP contribution is 2.47. The molecule has 6 heteroatoms. The van der Waals surface area contributed by atoms with Gasteiger partial charge in [-0.3, -0.25) is 0 Å².